The fraction of sp³-hybridized carbons (Fsp3) is 0.600. The van der Waals surface area contributed by atoms with Gasteiger partial charge in [0, 0.05) is 17.3 Å². The average Bonchev–Trinajstić information content (AvgIpc) is 2.65. The molecule has 82 valence electrons. The second-order valence-electron chi connectivity index (χ2n) is 3.53. The Bertz CT molecular complexity index is 351. The predicted molar refractivity (Wildman–Crippen MR) is 58.1 cm³/mol. The third kappa shape index (κ3) is 2.47. The number of ether oxygens (including phenoxy) is 1. The Kier molecular flexibility index (Phi) is 3.20. The van der Waals surface area contributed by atoms with Crippen molar-refractivity contribution in [1.82, 2.24) is 10.3 Å². The maximum absolute atomic E-state index is 11.2. The topological polar surface area (TPSA) is 51.2 Å². The summed E-state index contributed by atoms with van der Waals surface area (Å²) >= 11 is 1.67. The summed E-state index contributed by atoms with van der Waals surface area (Å²) in [5.41, 5.74) is 3.07. The fourth-order valence-electron chi connectivity index (χ4n) is 1.76. The molecular formula is C10H14N2O2S. The Morgan fingerprint density at radius 2 is 2.67 bits per heavy atom. The van der Waals surface area contributed by atoms with Crippen molar-refractivity contribution in [3.05, 3.63) is 16.1 Å². The summed E-state index contributed by atoms with van der Waals surface area (Å²) in [4.78, 5) is 16.8. The van der Waals surface area contributed by atoms with E-state index in [2.05, 4.69) is 10.3 Å². The lowest BCUT2D eigenvalue weighted by Crippen LogP contribution is -2.38. The summed E-state index contributed by atoms with van der Waals surface area (Å²) in [6.45, 7) is 2.23. The lowest BCUT2D eigenvalue weighted by molar-refractivity contribution is 0.147. The summed E-state index contributed by atoms with van der Waals surface area (Å²) < 4.78 is 4.85. The van der Waals surface area contributed by atoms with Crippen LogP contribution in [-0.2, 0) is 17.6 Å². The maximum atomic E-state index is 11.2. The van der Waals surface area contributed by atoms with E-state index in [0.717, 1.165) is 19.3 Å². The molecule has 15 heavy (non-hydrogen) atoms. The summed E-state index contributed by atoms with van der Waals surface area (Å²) in [5, 5.41) is 2.87. The SMILES string of the molecule is CCOC(=O)NC1CCc2ncsc2C1. The van der Waals surface area contributed by atoms with Crippen LogP contribution in [0.25, 0.3) is 0 Å². The van der Waals surface area contributed by atoms with Crippen LogP contribution in [-0.4, -0.2) is 23.7 Å². The molecule has 1 aromatic heterocycles. The largest absolute Gasteiger partial charge is 0.450 e. The Labute approximate surface area is 92.7 Å². The number of alkyl carbamates (subject to hydrolysis) is 1. The number of rotatable bonds is 2. The van der Waals surface area contributed by atoms with Crippen LogP contribution in [0.15, 0.2) is 5.51 Å². The number of hydrogen-bond donors (Lipinski definition) is 1. The van der Waals surface area contributed by atoms with Crippen LogP contribution in [0.1, 0.15) is 23.9 Å². The number of aryl methyl sites for hydroxylation is 1. The van der Waals surface area contributed by atoms with Gasteiger partial charge in [0.2, 0.25) is 0 Å². The Morgan fingerprint density at radius 1 is 1.80 bits per heavy atom. The van der Waals surface area contributed by atoms with E-state index >= 15 is 0 Å². The van der Waals surface area contributed by atoms with Gasteiger partial charge in [-0.05, 0) is 19.8 Å². The summed E-state index contributed by atoms with van der Waals surface area (Å²) in [5.74, 6) is 0. The number of amides is 1. The highest BCUT2D eigenvalue weighted by Gasteiger charge is 2.22. The minimum Gasteiger partial charge on any atom is -0.450 e. The third-order valence-corrected chi connectivity index (χ3v) is 3.38. The quantitative estimate of drug-likeness (QED) is 0.835. The van der Waals surface area contributed by atoms with E-state index in [9.17, 15) is 4.79 Å². The lowest BCUT2D eigenvalue weighted by Gasteiger charge is -2.21. The summed E-state index contributed by atoms with van der Waals surface area (Å²) in [6, 6.07) is 0.206. The number of hydrogen-bond acceptors (Lipinski definition) is 4. The van der Waals surface area contributed by atoms with Crippen LogP contribution in [0, 0.1) is 0 Å². The van der Waals surface area contributed by atoms with Crippen LogP contribution < -0.4 is 5.32 Å². The van der Waals surface area contributed by atoms with Crippen molar-refractivity contribution in [3.8, 4) is 0 Å². The smallest absolute Gasteiger partial charge is 0.407 e. The molecule has 1 N–H and O–H groups in total. The number of nitrogens with one attached hydrogen (secondary N) is 1. The van der Waals surface area contributed by atoms with Crippen molar-refractivity contribution >= 4 is 17.4 Å². The normalized spacial score (nSPS) is 19.4. The van der Waals surface area contributed by atoms with Gasteiger partial charge >= 0.3 is 6.09 Å². The number of aromatic nitrogens is 1. The molecule has 1 unspecified atom stereocenters. The molecule has 0 bridgehead atoms. The first-order valence-corrected chi connectivity index (χ1v) is 6.02. The minimum atomic E-state index is -0.310. The minimum absolute atomic E-state index is 0.206. The van der Waals surface area contributed by atoms with Gasteiger partial charge in [0.15, 0.2) is 0 Å². The molecule has 0 saturated heterocycles. The number of carbonyl (C=O) groups is 1. The van der Waals surface area contributed by atoms with Crippen LogP contribution in [0.2, 0.25) is 0 Å². The van der Waals surface area contributed by atoms with Crippen molar-refractivity contribution in [2.24, 2.45) is 0 Å². The standard InChI is InChI=1S/C10H14N2O2S/c1-2-14-10(13)12-7-3-4-8-9(5-7)15-6-11-8/h6-7H,2-5H2,1H3,(H,12,13). The molecule has 0 saturated carbocycles. The number of thiazole rings is 1. The van der Waals surface area contributed by atoms with Gasteiger partial charge < -0.3 is 10.1 Å². The molecular weight excluding hydrogens is 212 g/mol. The number of carbonyl (C=O) groups excluding carboxylic acids is 1. The van der Waals surface area contributed by atoms with Crippen molar-refractivity contribution in [2.45, 2.75) is 32.2 Å². The van der Waals surface area contributed by atoms with E-state index in [1.54, 1.807) is 11.3 Å². The molecule has 1 aliphatic carbocycles. The zero-order chi connectivity index (χ0) is 10.7. The molecule has 0 aromatic carbocycles. The van der Waals surface area contributed by atoms with Gasteiger partial charge in [-0.1, -0.05) is 0 Å². The maximum Gasteiger partial charge on any atom is 0.407 e. The van der Waals surface area contributed by atoms with Gasteiger partial charge in [0.25, 0.3) is 0 Å². The molecule has 1 atom stereocenters. The second-order valence-corrected chi connectivity index (χ2v) is 4.47. The number of fused-ring (bicyclic) bond motifs is 1. The van der Waals surface area contributed by atoms with E-state index in [-0.39, 0.29) is 12.1 Å². The van der Waals surface area contributed by atoms with Crippen LogP contribution in [0.3, 0.4) is 0 Å². The molecule has 1 heterocycles. The van der Waals surface area contributed by atoms with Gasteiger partial charge in [0.05, 0.1) is 17.8 Å². The molecule has 5 heteroatoms. The highest BCUT2D eigenvalue weighted by atomic mass is 32.1. The van der Waals surface area contributed by atoms with Gasteiger partial charge in [-0.15, -0.1) is 11.3 Å². The van der Waals surface area contributed by atoms with Crippen LogP contribution in [0.5, 0.6) is 0 Å². The molecule has 0 fully saturated rings. The molecule has 1 amide bonds. The summed E-state index contributed by atoms with van der Waals surface area (Å²) in [6.07, 6.45) is 2.49. The molecule has 1 aliphatic rings. The highest BCUT2D eigenvalue weighted by Crippen LogP contribution is 2.23. The van der Waals surface area contributed by atoms with Gasteiger partial charge in [-0.3, -0.25) is 0 Å². The van der Waals surface area contributed by atoms with Gasteiger partial charge in [-0.2, -0.15) is 0 Å². The fourth-order valence-corrected chi connectivity index (χ4v) is 2.66. The van der Waals surface area contributed by atoms with E-state index < -0.39 is 0 Å². The molecule has 0 spiro atoms. The van der Waals surface area contributed by atoms with Crippen LogP contribution >= 0.6 is 11.3 Å². The molecule has 0 radical (unpaired) electrons. The third-order valence-electron chi connectivity index (χ3n) is 2.48. The lowest BCUT2D eigenvalue weighted by atomic mass is 9.98. The predicted octanol–water partition coefficient (Wildman–Crippen LogP) is 1.75. The van der Waals surface area contributed by atoms with E-state index in [0.29, 0.717) is 6.61 Å². The molecule has 1 aromatic rings. The van der Waals surface area contributed by atoms with Crippen LogP contribution in [0.4, 0.5) is 4.79 Å². The number of nitrogens with zero attached hydrogens (tertiary/aromatic N) is 1. The van der Waals surface area contributed by atoms with Crippen molar-refractivity contribution < 1.29 is 9.53 Å². The molecule has 4 nitrogen and oxygen atoms in total. The van der Waals surface area contributed by atoms with E-state index in [4.69, 9.17) is 4.74 Å². The van der Waals surface area contributed by atoms with Gasteiger partial charge in [0.1, 0.15) is 0 Å². The van der Waals surface area contributed by atoms with E-state index in [1.807, 2.05) is 12.4 Å². The first kappa shape index (κ1) is 10.4. The van der Waals surface area contributed by atoms with Crippen molar-refractivity contribution in [3.63, 3.8) is 0 Å². The van der Waals surface area contributed by atoms with Crippen molar-refractivity contribution in [1.29, 1.82) is 0 Å². The van der Waals surface area contributed by atoms with Crippen molar-refractivity contribution in [2.75, 3.05) is 6.61 Å². The Morgan fingerprint density at radius 3 is 3.47 bits per heavy atom. The first-order chi connectivity index (χ1) is 7.29. The Balaban J connectivity index is 1.90. The molecule has 0 aliphatic heterocycles. The average molecular weight is 226 g/mol. The Hall–Kier alpha value is -1.10. The first-order valence-electron chi connectivity index (χ1n) is 5.14. The zero-order valence-corrected chi connectivity index (χ0v) is 9.47. The van der Waals surface area contributed by atoms with E-state index in [1.165, 1.54) is 10.6 Å². The van der Waals surface area contributed by atoms with Gasteiger partial charge in [-0.25, -0.2) is 9.78 Å². The summed E-state index contributed by atoms with van der Waals surface area (Å²) in [7, 11) is 0. The zero-order valence-electron chi connectivity index (χ0n) is 8.66. The second kappa shape index (κ2) is 4.61. The monoisotopic (exact) mass is 226 g/mol. The highest BCUT2D eigenvalue weighted by molar-refractivity contribution is 7.09. The molecule has 2 rings (SSSR count).